The van der Waals surface area contributed by atoms with Crippen molar-refractivity contribution in [1.82, 2.24) is 14.7 Å². The Morgan fingerprint density at radius 2 is 1.93 bits per heavy atom. The number of hydrogen-bond donors (Lipinski definition) is 1. The number of halogens is 3. The first-order valence-electron chi connectivity index (χ1n) is 9.04. The fourth-order valence-corrected chi connectivity index (χ4v) is 3.27. The Kier molecular flexibility index (Phi) is 5.84. The molecule has 0 radical (unpaired) electrons. The Hall–Kier alpha value is -2.35. The number of nitrogens with one attached hydrogen (secondary N) is 1. The molecule has 0 saturated carbocycles. The van der Waals surface area contributed by atoms with Crippen LogP contribution in [-0.2, 0) is 24.1 Å². The summed E-state index contributed by atoms with van der Waals surface area (Å²) in [6.45, 7) is 4.22. The van der Waals surface area contributed by atoms with Gasteiger partial charge in [0.15, 0.2) is 5.69 Å². The first-order valence-corrected chi connectivity index (χ1v) is 9.04. The second kappa shape index (κ2) is 8.12. The molecule has 1 aromatic carbocycles. The first-order chi connectivity index (χ1) is 12.8. The molecule has 5 nitrogen and oxygen atoms in total. The van der Waals surface area contributed by atoms with Gasteiger partial charge in [-0.2, -0.15) is 18.3 Å². The van der Waals surface area contributed by atoms with Crippen LogP contribution in [0.3, 0.4) is 0 Å². The van der Waals surface area contributed by atoms with Crippen molar-refractivity contribution in [2.75, 3.05) is 18.4 Å². The topological polar surface area (TPSA) is 50.2 Å². The lowest BCUT2D eigenvalue weighted by atomic mass is 10.1. The van der Waals surface area contributed by atoms with E-state index in [9.17, 15) is 18.0 Å². The molecule has 3 rings (SSSR count). The molecule has 1 N–H and O–H groups in total. The van der Waals surface area contributed by atoms with Crippen LogP contribution in [0, 0.1) is 6.92 Å². The Morgan fingerprint density at radius 3 is 2.59 bits per heavy atom. The molecule has 0 aliphatic carbocycles. The molecular formula is C19H23F3N4O. The number of benzene rings is 1. The van der Waals surface area contributed by atoms with E-state index in [1.165, 1.54) is 26.2 Å². The monoisotopic (exact) mass is 380 g/mol. The summed E-state index contributed by atoms with van der Waals surface area (Å²) < 4.78 is 39.2. The van der Waals surface area contributed by atoms with Gasteiger partial charge < -0.3 is 5.32 Å². The lowest BCUT2D eigenvalue weighted by Gasteiger charge is -2.26. The van der Waals surface area contributed by atoms with Crippen molar-refractivity contribution < 1.29 is 18.0 Å². The summed E-state index contributed by atoms with van der Waals surface area (Å²) in [5.74, 6) is -0.412. The summed E-state index contributed by atoms with van der Waals surface area (Å²) in [6, 6.07) is 8.50. The van der Waals surface area contributed by atoms with Crippen LogP contribution in [0.1, 0.15) is 36.2 Å². The molecule has 0 bridgehead atoms. The molecule has 1 amide bonds. The lowest BCUT2D eigenvalue weighted by molar-refractivity contribution is -0.141. The number of anilines is 1. The van der Waals surface area contributed by atoms with E-state index in [0.717, 1.165) is 35.9 Å². The van der Waals surface area contributed by atoms with Crippen molar-refractivity contribution in [2.45, 2.75) is 45.5 Å². The van der Waals surface area contributed by atoms with Gasteiger partial charge in [0, 0.05) is 17.9 Å². The highest BCUT2D eigenvalue weighted by Gasteiger charge is 2.34. The second-order valence-corrected chi connectivity index (χ2v) is 6.91. The Bertz CT molecular complexity index is 794. The smallest absolute Gasteiger partial charge is 0.324 e. The second-order valence-electron chi connectivity index (χ2n) is 6.91. The van der Waals surface area contributed by atoms with Crippen molar-refractivity contribution in [2.24, 2.45) is 0 Å². The largest absolute Gasteiger partial charge is 0.435 e. The number of alkyl halides is 3. The maximum Gasteiger partial charge on any atom is 0.435 e. The van der Waals surface area contributed by atoms with Gasteiger partial charge >= 0.3 is 6.18 Å². The normalized spacial score (nSPS) is 15.7. The van der Waals surface area contributed by atoms with Gasteiger partial charge in [0.2, 0.25) is 5.91 Å². The predicted molar refractivity (Wildman–Crippen MR) is 96.2 cm³/mol. The van der Waals surface area contributed by atoms with Crippen LogP contribution < -0.4 is 5.32 Å². The van der Waals surface area contributed by atoms with Gasteiger partial charge in [0.1, 0.15) is 6.54 Å². The molecule has 27 heavy (non-hydrogen) atoms. The van der Waals surface area contributed by atoms with Crippen LogP contribution in [0.2, 0.25) is 0 Å². The highest BCUT2D eigenvalue weighted by atomic mass is 19.4. The molecule has 0 spiro atoms. The summed E-state index contributed by atoms with van der Waals surface area (Å²) in [7, 11) is 0. The van der Waals surface area contributed by atoms with Crippen molar-refractivity contribution >= 4 is 11.6 Å². The maximum absolute atomic E-state index is 12.7. The van der Waals surface area contributed by atoms with Gasteiger partial charge in [-0.1, -0.05) is 18.6 Å². The minimum absolute atomic E-state index is 0.266. The highest BCUT2D eigenvalue weighted by molar-refractivity contribution is 5.90. The number of aromatic nitrogens is 2. The Labute approximate surface area is 156 Å². The van der Waals surface area contributed by atoms with E-state index in [1.807, 2.05) is 18.2 Å². The molecule has 0 unspecified atom stereocenters. The van der Waals surface area contributed by atoms with Crippen LogP contribution in [0.4, 0.5) is 18.9 Å². The molecule has 2 heterocycles. The van der Waals surface area contributed by atoms with Crippen molar-refractivity contribution in [1.29, 1.82) is 0 Å². The van der Waals surface area contributed by atoms with E-state index in [2.05, 4.69) is 15.3 Å². The number of nitrogens with zero attached hydrogens (tertiary/aromatic N) is 3. The lowest BCUT2D eigenvalue weighted by Crippen LogP contribution is -2.29. The van der Waals surface area contributed by atoms with E-state index in [4.69, 9.17) is 0 Å². The first kappa shape index (κ1) is 19.4. The fraction of sp³-hybridized carbons (Fsp3) is 0.474. The van der Waals surface area contributed by atoms with E-state index in [0.29, 0.717) is 5.69 Å². The van der Waals surface area contributed by atoms with E-state index in [-0.39, 0.29) is 12.2 Å². The standard InChI is InChI=1S/C19H23F3N4O/c1-14-10-17(19(20,21)22)24-26(14)13-18(27)23-16-7-5-6-15(11-16)12-25-8-3-2-4-9-25/h5-7,10-11H,2-4,8-9,12-13H2,1H3,(H,23,27). The third-order valence-electron chi connectivity index (χ3n) is 4.63. The number of likely N-dealkylation sites (tertiary alicyclic amines) is 1. The minimum atomic E-state index is -4.52. The zero-order valence-electron chi connectivity index (χ0n) is 15.2. The summed E-state index contributed by atoms with van der Waals surface area (Å²) in [5, 5.41) is 6.23. The average Bonchev–Trinajstić information content (AvgIpc) is 2.97. The molecule has 8 heteroatoms. The van der Waals surface area contributed by atoms with Gasteiger partial charge in [0.25, 0.3) is 0 Å². The Balaban J connectivity index is 1.61. The molecular weight excluding hydrogens is 357 g/mol. The summed E-state index contributed by atoms with van der Waals surface area (Å²) in [6.07, 6.45) is -0.829. The number of piperidine rings is 1. The maximum atomic E-state index is 12.7. The van der Waals surface area contributed by atoms with Gasteiger partial charge in [-0.05, 0) is 56.6 Å². The number of amides is 1. The SMILES string of the molecule is Cc1cc(C(F)(F)F)nn1CC(=O)Nc1cccc(CN2CCCCC2)c1. The molecule has 146 valence electrons. The van der Waals surface area contributed by atoms with Crippen LogP contribution in [0.5, 0.6) is 0 Å². The average molecular weight is 380 g/mol. The summed E-state index contributed by atoms with van der Waals surface area (Å²) in [4.78, 5) is 14.6. The third kappa shape index (κ3) is 5.32. The van der Waals surface area contributed by atoms with Gasteiger partial charge in [0.05, 0.1) is 0 Å². The van der Waals surface area contributed by atoms with Gasteiger partial charge in [-0.25, -0.2) is 0 Å². The number of hydrogen-bond acceptors (Lipinski definition) is 3. The van der Waals surface area contributed by atoms with Crippen molar-refractivity contribution in [3.8, 4) is 0 Å². The summed E-state index contributed by atoms with van der Waals surface area (Å²) in [5.41, 5.74) is 1.03. The van der Waals surface area contributed by atoms with E-state index in [1.54, 1.807) is 6.07 Å². The van der Waals surface area contributed by atoms with Crippen LogP contribution in [0.25, 0.3) is 0 Å². The van der Waals surface area contributed by atoms with E-state index >= 15 is 0 Å². The number of aryl methyl sites for hydroxylation is 1. The van der Waals surface area contributed by atoms with Crippen molar-refractivity contribution in [3.63, 3.8) is 0 Å². The van der Waals surface area contributed by atoms with Gasteiger partial charge in [-0.15, -0.1) is 0 Å². The minimum Gasteiger partial charge on any atom is -0.324 e. The van der Waals surface area contributed by atoms with Gasteiger partial charge in [-0.3, -0.25) is 14.4 Å². The Morgan fingerprint density at radius 1 is 1.19 bits per heavy atom. The number of carbonyl (C=O) groups is 1. The molecule has 1 aliphatic heterocycles. The fourth-order valence-electron chi connectivity index (χ4n) is 3.27. The molecule has 2 aromatic rings. The van der Waals surface area contributed by atoms with E-state index < -0.39 is 17.8 Å². The van der Waals surface area contributed by atoms with Crippen LogP contribution in [0.15, 0.2) is 30.3 Å². The van der Waals surface area contributed by atoms with Crippen LogP contribution >= 0.6 is 0 Å². The molecule has 0 atom stereocenters. The quantitative estimate of drug-likeness (QED) is 0.858. The zero-order valence-corrected chi connectivity index (χ0v) is 15.2. The highest BCUT2D eigenvalue weighted by Crippen LogP contribution is 2.28. The number of carbonyl (C=O) groups excluding carboxylic acids is 1. The molecule has 1 fully saturated rings. The molecule has 1 aromatic heterocycles. The van der Waals surface area contributed by atoms with Crippen molar-refractivity contribution in [3.05, 3.63) is 47.3 Å². The molecule has 1 aliphatic rings. The third-order valence-corrected chi connectivity index (χ3v) is 4.63. The summed E-state index contributed by atoms with van der Waals surface area (Å²) >= 11 is 0. The predicted octanol–water partition coefficient (Wildman–Crippen LogP) is 3.83. The zero-order chi connectivity index (χ0) is 19.4. The molecule has 1 saturated heterocycles. The van der Waals surface area contributed by atoms with Crippen LogP contribution in [-0.4, -0.2) is 33.7 Å². The number of rotatable bonds is 5.